The van der Waals surface area contributed by atoms with Gasteiger partial charge in [-0.05, 0) is 29.9 Å². The molecule has 0 saturated carbocycles. The molecule has 1 N–H and O–H groups in total. The van der Waals surface area contributed by atoms with Crippen LogP contribution >= 0.6 is 0 Å². The largest absolute Gasteiger partial charge is 0.287 e. The standard InChI is InChI=1S/C19H11FN4O/c20-15-7-11(2-6-17(15)25)14-4-5-16-18-12(8-22-19(14)18)1-3-13-9-21-10-23-24(13)16/h1-10H,(H,21,23)/b14-11-. The number of carbonyl (C=O) groups is 1. The summed E-state index contributed by atoms with van der Waals surface area (Å²) in [7, 11) is 0. The number of halogens is 1. The molecule has 25 heavy (non-hydrogen) atoms. The number of carbonyl (C=O) groups excluding carboxylic acids is 1. The molecule has 0 saturated heterocycles. The molecule has 0 radical (unpaired) electrons. The molecule has 0 atom stereocenters. The fraction of sp³-hybridized carbons (Fsp3) is 0. The van der Waals surface area contributed by atoms with E-state index in [1.54, 1.807) is 24.8 Å². The van der Waals surface area contributed by atoms with Crippen molar-refractivity contribution in [3.63, 3.8) is 0 Å². The lowest BCUT2D eigenvalue weighted by molar-refractivity contribution is -0.112. The average molecular weight is 330 g/mol. The summed E-state index contributed by atoms with van der Waals surface area (Å²) in [6, 6.07) is 7.80. The van der Waals surface area contributed by atoms with Crippen molar-refractivity contribution in [1.82, 2.24) is 19.7 Å². The lowest BCUT2D eigenvalue weighted by atomic mass is 10.0. The van der Waals surface area contributed by atoms with Crippen LogP contribution in [0.4, 0.5) is 4.39 Å². The van der Waals surface area contributed by atoms with Gasteiger partial charge in [-0.15, -0.1) is 0 Å². The first kappa shape index (κ1) is 13.9. The topological polar surface area (TPSA) is 63.6 Å². The highest BCUT2D eigenvalue weighted by Crippen LogP contribution is 2.31. The van der Waals surface area contributed by atoms with Gasteiger partial charge < -0.3 is 0 Å². The van der Waals surface area contributed by atoms with Crippen molar-refractivity contribution >= 4 is 22.4 Å². The summed E-state index contributed by atoms with van der Waals surface area (Å²) in [6.45, 7) is 0. The average Bonchev–Trinajstić information content (AvgIpc) is 2.99. The van der Waals surface area contributed by atoms with Gasteiger partial charge in [0.15, 0.2) is 5.83 Å². The molecule has 0 amide bonds. The maximum atomic E-state index is 13.7. The second-order valence-corrected chi connectivity index (χ2v) is 5.84. The third-order valence-electron chi connectivity index (χ3n) is 4.42. The van der Waals surface area contributed by atoms with Crippen molar-refractivity contribution in [2.24, 2.45) is 0 Å². The summed E-state index contributed by atoms with van der Waals surface area (Å²) in [5.74, 6) is -1.37. The number of nitrogens with one attached hydrogen (secondary N) is 1. The minimum absolute atomic E-state index is 0.611. The first-order valence-corrected chi connectivity index (χ1v) is 7.74. The van der Waals surface area contributed by atoms with Crippen LogP contribution in [0.1, 0.15) is 0 Å². The van der Waals surface area contributed by atoms with E-state index in [-0.39, 0.29) is 0 Å². The lowest BCUT2D eigenvalue weighted by Gasteiger charge is -2.10. The predicted molar refractivity (Wildman–Crippen MR) is 91.8 cm³/mol. The number of hydrogen-bond donors (Lipinski definition) is 1. The molecule has 120 valence electrons. The SMILES string of the molecule is O=C1C=C/C(=c2\ccc3c4c2ncc-4ccc2cnc[nH]n3-2)C=C1F. The molecule has 0 unspecified atom stereocenters. The summed E-state index contributed by atoms with van der Waals surface area (Å²) in [6.07, 6.45) is 9.32. The van der Waals surface area contributed by atoms with Gasteiger partial charge in [0.05, 0.1) is 22.9 Å². The molecule has 3 aliphatic heterocycles. The van der Waals surface area contributed by atoms with E-state index in [9.17, 15) is 9.18 Å². The molecule has 1 aliphatic carbocycles. The van der Waals surface area contributed by atoms with Crippen molar-refractivity contribution in [3.8, 4) is 16.8 Å². The molecule has 5 nitrogen and oxygen atoms in total. The second kappa shape index (κ2) is 4.98. The van der Waals surface area contributed by atoms with E-state index in [1.165, 1.54) is 12.2 Å². The predicted octanol–water partition coefficient (Wildman–Crippen LogP) is 2.72. The summed E-state index contributed by atoms with van der Waals surface area (Å²) in [5, 5.41) is 3.91. The summed E-state index contributed by atoms with van der Waals surface area (Å²) >= 11 is 0. The second-order valence-electron chi connectivity index (χ2n) is 5.84. The zero-order chi connectivity index (χ0) is 17.0. The van der Waals surface area contributed by atoms with Crippen molar-refractivity contribution in [3.05, 3.63) is 72.3 Å². The molecule has 0 spiro atoms. The molecule has 0 aromatic heterocycles. The molecule has 0 bridgehead atoms. The first-order valence-electron chi connectivity index (χ1n) is 7.74. The minimum atomic E-state index is -0.759. The van der Waals surface area contributed by atoms with E-state index in [4.69, 9.17) is 0 Å². The Labute approximate surface area is 141 Å². The van der Waals surface area contributed by atoms with Gasteiger partial charge in [-0.3, -0.25) is 19.6 Å². The van der Waals surface area contributed by atoms with E-state index < -0.39 is 11.6 Å². The van der Waals surface area contributed by atoms with Crippen molar-refractivity contribution in [2.75, 3.05) is 0 Å². The Morgan fingerprint density at radius 3 is 2.88 bits per heavy atom. The maximum Gasteiger partial charge on any atom is 0.214 e. The number of nitrogens with zero attached hydrogens (tertiary/aromatic N) is 3. The molecule has 1 aromatic rings. The number of hydrogen-bond acceptors (Lipinski definition) is 3. The molecule has 6 heteroatoms. The molecule has 3 heterocycles. The Bertz CT molecular complexity index is 1230. The Hall–Kier alpha value is -3.54. The quantitative estimate of drug-likeness (QED) is 0.539. The minimum Gasteiger partial charge on any atom is -0.287 e. The zero-order valence-electron chi connectivity index (χ0n) is 12.9. The van der Waals surface area contributed by atoms with Crippen LogP contribution in [0.2, 0.25) is 0 Å². The highest BCUT2D eigenvalue weighted by atomic mass is 19.1. The van der Waals surface area contributed by atoms with Gasteiger partial charge in [0.25, 0.3) is 0 Å². The molecule has 0 fully saturated rings. The normalized spacial score (nSPS) is 16.8. The van der Waals surface area contributed by atoms with E-state index in [1.807, 2.05) is 28.9 Å². The summed E-state index contributed by atoms with van der Waals surface area (Å²) < 4.78 is 15.7. The van der Waals surface area contributed by atoms with E-state index >= 15 is 0 Å². The van der Waals surface area contributed by atoms with Crippen molar-refractivity contribution in [1.29, 1.82) is 0 Å². The van der Waals surface area contributed by atoms with E-state index in [0.29, 0.717) is 5.57 Å². The van der Waals surface area contributed by atoms with Crippen LogP contribution in [0.5, 0.6) is 0 Å². The third-order valence-corrected chi connectivity index (χ3v) is 4.42. The molecule has 1 aromatic carbocycles. The Morgan fingerprint density at radius 2 is 2.00 bits per heavy atom. The number of rotatable bonds is 0. The third kappa shape index (κ3) is 1.97. The first-order chi connectivity index (χ1) is 12.2. The van der Waals surface area contributed by atoms with Crippen molar-refractivity contribution in [2.45, 2.75) is 0 Å². The van der Waals surface area contributed by atoms with Crippen LogP contribution < -0.4 is 5.22 Å². The number of aromatic nitrogens is 4. The van der Waals surface area contributed by atoms with Gasteiger partial charge in [0, 0.05) is 22.5 Å². The molecule has 5 rings (SSSR count). The number of H-pyrrole nitrogens is 1. The number of benzene rings is 1. The summed E-state index contributed by atoms with van der Waals surface area (Å²) in [5.41, 5.74) is 5.19. The molecular formula is C19H11FN4O. The molecule has 4 aliphatic rings. The van der Waals surface area contributed by atoms with E-state index in [2.05, 4.69) is 15.1 Å². The van der Waals surface area contributed by atoms with Crippen molar-refractivity contribution < 1.29 is 9.18 Å². The zero-order valence-corrected chi connectivity index (χ0v) is 12.9. The van der Waals surface area contributed by atoms with Crippen LogP contribution in [0.25, 0.3) is 33.4 Å². The molecular weight excluding hydrogens is 319 g/mol. The monoisotopic (exact) mass is 330 g/mol. The highest BCUT2D eigenvalue weighted by molar-refractivity contribution is 6.08. The Morgan fingerprint density at radius 1 is 1.08 bits per heavy atom. The number of allylic oxidation sites excluding steroid dienone is 4. The number of aromatic amines is 1. The van der Waals surface area contributed by atoms with Gasteiger partial charge in [-0.1, -0.05) is 18.2 Å². The Kier molecular flexibility index (Phi) is 2.76. The van der Waals surface area contributed by atoms with Crippen LogP contribution in [-0.2, 0) is 4.79 Å². The van der Waals surface area contributed by atoms with Crippen LogP contribution in [-0.4, -0.2) is 25.5 Å². The number of ketones is 1. The van der Waals surface area contributed by atoms with Crippen LogP contribution in [0.15, 0.2) is 67.0 Å². The number of fused-ring (bicyclic) bond motifs is 2. The van der Waals surface area contributed by atoms with Gasteiger partial charge in [-0.2, -0.15) is 0 Å². The lowest BCUT2D eigenvalue weighted by Crippen LogP contribution is -2.11. The van der Waals surface area contributed by atoms with Gasteiger partial charge >= 0.3 is 0 Å². The Balaban J connectivity index is 1.93. The summed E-state index contributed by atoms with van der Waals surface area (Å²) in [4.78, 5) is 20.0. The fourth-order valence-corrected chi connectivity index (χ4v) is 3.25. The van der Waals surface area contributed by atoms with Gasteiger partial charge in [0.1, 0.15) is 6.33 Å². The van der Waals surface area contributed by atoms with E-state index in [0.717, 1.165) is 33.1 Å². The highest BCUT2D eigenvalue weighted by Gasteiger charge is 2.18. The fourth-order valence-electron chi connectivity index (χ4n) is 3.25. The van der Waals surface area contributed by atoms with Crippen LogP contribution in [0.3, 0.4) is 0 Å². The van der Waals surface area contributed by atoms with Gasteiger partial charge in [0.2, 0.25) is 5.78 Å². The smallest absolute Gasteiger partial charge is 0.214 e. The van der Waals surface area contributed by atoms with Gasteiger partial charge in [-0.25, -0.2) is 9.37 Å². The maximum absolute atomic E-state index is 13.7. The van der Waals surface area contributed by atoms with Crippen LogP contribution in [0, 0.1) is 0 Å².